The van der Waals surface area contributed by atoms with Crippen LogP contribution in [-0.4, -0.2) is 37.0 Å². The minimum absolute atomic E-state index is 0.125. The fourth-order valence-electron chi connectivity index (χ4n) is 4.32. The summed E-state index contributed by atoms with van der Waals surface area (Å²) in [5.74, 6) is 1.73. The number of nitrogens with zero attached hydrogens (tertiary/aromatic N) is 1. The van der Waals surface area contributed by atoms with E-state index in [4.69, 9.17) is 4.74 Å². The number of amides is 1. The molecule has 2 heterocycles. The Labute approximate surface area is 167 Å². The average Bonchev–Trinajstić information content (AvgIpc) is 3.25. The van der Waals surface area contributed by atoms with Gasteiger partial charge in [0.05, 0.1) is 7.11 Å². The summed E-state index contributed by atoms with van der Waals surface area (Å²) in [5, 5.41) is 0. The highest BCUT2D eigenvalue weighted by molar-refractivity contribution is 5.82. The van der Waals surface area contributed by atoms with E-state index < -0.39 is 0 Å². The number of methoxy groups -OCH3 is 1. The van der Waals surface area contributed by atoms with Crippen molar-refractivity contribution in [3.63, 3.8) is 0 Å². The monoisotopic (exact) mass is 379 g/mol. The highest BCUT2D eigenvalue weighted by Crippen LogP contribution is 2.27. The van der Waals surface area contributed by atoms with Crippen molar-refractivity contribution < 1.29 is 9.53 Å². The Balaban J connectivity index is 1.28. The summed E-state index contributed by atoms with van der Waals surface area (Å²) in [5.41, 5.74) is 9.03. The standard InChI is InChI=1S/C23H29N3O2/c1-28-20-9-5-8-19(15-20)21-16-22(25-24-21)23(27)26-12-10-18(11-13-26)14-17-6-3-2-4-7-17/h2-9,15,18,21-22,24-25H,10-14,16H2,1H3. The van der Waals surface area contributed by atoms with Crippen LogP contribution in [0.5, 0.6) is 5.75 Å². The molecule has 5 heteroatoms. The van der Waals surface area contributed by atoms with Crippen LogP contribution in [0.3, 0.4) is 0 Å². The molecule has 2 fully saturated rings. The number of nitrogens with one attached hydrogen (secondary N) is 2. The van der Waals surface area contributed by atoms with E-state index in [1.54, 1.807) is 7.11 Å². The molecule has 5 nitrogen and oxygen atoms in total. The van der Waals surface area contributed by atoms with Gasteiger partial charge in [0.2, 0.25) is 5.91 Å². The summed E-state index contributed by atoms with van der Waals surface area (Å²) in [6, 6.07) is 18.7. The van der Waals surface area contributed by atoms with Crippen LogP contribution < -0.4 is 15.6 Å². The van der Waals surface area contributed by atoms with Gasteiger partial charge in [-0.15, -0.1) is 0 Å². The zero-order valence-electron chi connectivity index (χ0n) is 16.4. The first-order valence-electron chi connectivity index (χ1n) is 10.2. The van der Waals surface area contributed by atoms with Crippen molar-refractivity contribution in [2.75, 3.05) is 20.2 Å². The van der Waals surface area contributed by atoms with Crippen LogP contribution in [0.1, 0.15) is 36.4 Å². The van der Waals surface area contributed by atoms with Gasteiger partial charge in [-0.3, -0.25) is 4.79 Å². The number of ether oxygens (including phenoxy) is 1. The third kappa shape index (κ3) is 4.37. The van der Waals surface area contributed by atoms with Crippen molar-refractivity contribution in [3.05, 3.63) is 65.7 Å². The molecule has 2 aliphatic rings. The largest absolute Gasteiger partial charge is 0.497 e. The molecular weight excluding hydrogens is 350 g/mol. The molecule has 2 atom stereocenters. The number of hydrazine groups is 1. The summed E-state index contributed by atoms with van der Waals surface area (Å²) in [4.78, 5) is 15.0. The Kier molecular flexibility index (Phi) is 5.93. The SMILES string of the molecule is COc1cccc(C2CC(C(=O)N3CCC(Cc4ccccc4)CC3)NN2)c1. The highest BCUT2D eigenvalue weighted by Gasteiger charge is 2.34. The van der Waals surface area contributed by atoms with Crippen molar-refractivity contribution >= 4 is 5.91 Å². The van der Waals surface area contributed by atoms with E-state index in [0.29, 0.717) is 5.92 Å². The molecule has 4 rings (SSSR count). The Morgan fingerprint density at radius 3 is 2.61 bits per heavy atom. The van der Waals surface area contributed by atoms with E-state index in [9.17, 15) is 4.79 Å². The second kappa shape index (κ2) is 8.76. The molecule has 2 aromatic carbocycles. The summed E-state index contributed by atoms with van der Waals surface area (Å²) in [7, 11) is 1.67. The van der Waals surface area contributed by atoms with Crippen molar-refractivity contribution in [2.24, 2.45) is 5.92 Å². The van der Waals surface area contributed by atoms with Gasteiger partial charge in [-0.2, -0.15) is 0 Å². The molecule has 0 spiro atoms. The lowest BCUT2D eigenvalue weighted by Crippen LogP contribution is -2.48. The average molecular weight is 380 g/mol. The number of rotatable bonds is 5. The van der Waals surface area contributed by atoms with Crippen LogP contribution in [-0.2, 0) is 11.2 Å². The third-order valence-corrected chi connectivity index (χ3v) is 5.99. The molecule has 1 amide bonds. The molecule has 0 bridgehead atoms. The maximum Gasteiger partial charge on any atom is 0.241 e. The molecular formula is C23H29N3O2. The van der Waals surface area contributed by atoms with E-state index in [2.05, 4.69) is 47.2 Å². The number of carbonyl (C=O) groups is 1. The summed E-state index contributed by atoms with van der Waals surface area (Å²) in [6.07, 6.45) is 4.04. The fraction of sp³-hybridized carbons (Fsp3) is 0.435. The molecule has 148 valence electrons. The molecule has 2 aromatic rings. The molecule has 2 aliphatic heterocycles. The Morgan fingerprint density at radius 1 is 1.07 bits per heavy atom. The van der Waals surface area contributed by atoms with Crippen molar-refractivity contribution in [1.82, 2.24) is 15.8 Å². The maximum absolute atomic E-state index is 13.0. The Morgan fingerprint density at radius 2 is 1.86 bits per heavy atom. The van der Waals surface area contributed by atoms with Crippen LogP contribution in [0.2, 0.25) is 0 Å². The molecule has 0 radical (unpaired) electrons. The molecule has 0 saturated carbocycles. The predicted molar refractivity (Wildman–Crippen MR) is 110 cm³/mol. The number of carbonyl (C=O) groups excluding carboxylic acids is 1. The van der Waals surface area contributed by atoms with Crippen LogP contribution in [0, 0.1) is 5.92 Å². The number of hydrogen-bond donors (Lipinski definition) is 2. The van der Waals surface area contributed by atoms with Crippen molar-refractivity contribution in [3.8, 4) is 5.75 Å². The van der Waals surface area contributed by atoms with Crippen molar-refractivity contribution in [1.29, 1.82) is 0 Å². The summed E-state index contributed by atoms with van der Waals surface area (Å²) >= 11 is 0. The number of benzene rings is 2. The predicted octanol–water partition coefficient (Wildman–Crippen LogP) is 3.08. The maximum atomic E-state index is 13.0. The van der Waals surface area contributed by atoms with Crippen LogP contribution in [0.25, 0.3) is 0 Å². The lowest BCUT2D eigenvalue weighted by Gasteiger charge is -2.33. The Hall–Kier alpha value is -2.37. The van der Waals surface area contributed by atoms with Gasteiger partial charge in [0, 0.05) is 19.1 Å². The summed E-state index contributed by atoms with van der Waals surface area (Å²) in [6.45, 7) is 1.72. The van der Waals surface area contributed by atoms with Crippen LogP contribution in [0.15, 0.2) is 54.6 Å². The van der Waals surface area contributed by atoms with E-state index in [1.807, 2.05) is 23.1 Å². The van der Waals surface area contributed by atoms with E-state index in [0.717, 1.165) is 50.1 Å². The molecule has 0 aliphatic carbocycles. The molecule has 2 saturated heterocycles. The zero-order chi connectivity index (χ0) is 19.3. The topological polar surface area (TPSA) is 53.6 Å². The van der Waals surface area contributed by atoms with Gasteiger partial charge in [0.25, 0.3) is 0 Å². The van der Waals surface area contributed by atoms with Gasteiger partial charge < -0.3 is 9.64 Å². The first kappa shape index (κ1) is 19.0. The zero-order valence-corrected chi connectivity index (χ0v) is 16.4. The minimum Gasteiger partial charge on any atom is -0.497 e. The second-order valence-electron chi connectivity index (χ2n) is 7.86. The molecule has 0 aromatic heterocycles. The third-order valence-electron chi connectivity index (χ3n) is 5.99. The minimum atomic E-state index is -0.165. The molecule has 28 heavy (non-hydrogen) atoms. The van der Waals surface area contributed by atoms with Crippen LogP contribution in [0.4, 0.5) is 0 Å². The summed E-state index contributed by atoms with van der Waals surface area (Å²) < 4.78 is 5.31. The quantitative estimate of drug-likeness (QED) is 0.838. The van der Waals surface area contributed by atoms with Gasteiger partial charge in [-0.05, 0) is 54.9 Å². The van der Waals surface area contributed by atoms with Gasteiger partial charge in [0.15, 0.2) is 0 Å². The van der Waals surface area contributed by atoms with Crippen LogP contribution >= 0.6 is 0 Å². The Bertz CT molecular complexity index is 787. The first-order valence-corrected chi connectivity index (χ1v) is 10.2. The molecule has 2 N–H and O–H groups in total. The molecule has 2 unspecified atom stereocenters. The lowest BCUT2D eigenvalue weighted by molar-refractivity contribution is -0.134. The number of piperidine rings is 1. The van der Waals surface area contributed by atoms with E-state index in [-0.39, 0.29) is 18.0 Å². The van der Waals surface area contributed by atoms with Gasteiger partial charge in [-0.25, -0.2) is 10.9 Å². The highest BCUT2D eigenvalue weighted by atomic mass is 16.5. The number of hydrogen-bond acceptors (Lipinski definition) is 4. The lowest BCUT2D eigenvalue weighted by atomic mass is 9.90. The fourth-order valence-corrected chi connectivity index (χ4v) is 4.32. The van der Waals surface area contributed by atoms with Gasteiger partial charge in [0.1, 0.15) is 11.8 Å². The second-order valence-corrected chi connectivity index (χ2v) is 7.86. The van der Waals surface area contributed by atoms with E-state index >= 15 is 0 Å². The van der Waals surface area contributed by atoms with Gasteiger partial charge in [-0.1, -0.05) is 42.5 Å². The van der Waals surface area contributed by atoms with E-state index in [1.165, 1.54) is 5.56 Å². The normalized spacial score (nSPS) is 23.0. The number of likely N-dealkylation sites (tertiary alicyclic amines) is 1. The van der Waals surface area contributed by atoms with Crippen molar-refractivity contribution in [2.45, 2.75) is 37.8 Å². The first-order chi connectivity index (χ1) is 13.7. The van der Waals surface area contributed by atoms with Gasteiger partial charge >= 0.3 is 0 Å². The smallest absolute Gasteiger partial charge is 0.241 e.